The Labute approximate surface area is 485 Å². The summed E-state index contributed by atoms with van der Waals surface area (Å²) in [6.45, 7) is 7.92. The second-order valence-corrected chi connectivity index (χ2v) is 19.5. The average Bonchev–Trinajstić information content (AvgIpc) is 3.72. The Morgan fingerprint density at radius 1 is 0.470 bits per heavy atom. The molecule has 0 bridgehead atoms. The summed E-state index contributed by atoms with van der Waals surface area (Å²) in [5.41, 5.74) is 2.80. The first-order valence-electron chi connectivity index (χ1n) is 27.4. The fourth-order valence-electron chi connectivity index (χ4n) is 9.96. The van der Waals surface area contributed by atoms with Crippen molar-refractivity contribution in [3.63, 3.8) is 0 Å². The lowest BCUT2D eigenvalue weighted by atomic mass is 10.0. The number of benzene rings is 4. The molecule has 4 aromatic carbocycles. The van der Waals surface area contributed by atoms with Gasteiger partial charge in [0.2, 0.25) is 35.0 Å². The summed E-state index contributed by atoms with van der Waals surface area (Å²) in [5, 5.41) is 3.34. The number of hydrogen-bond acceptors (Lipinski definition) is 19. The Morgan fingerprint density at radius 3 is 1.11 bits per heavy atom. The number of ether oxygens (including phenoxy) is 10. The van der Waals surface area contributed by atoms with Gasteiger partial charge in [-0.2, -0.15) is 10.1 Å². The van der Waals surface area contributed by atoms with Crippen LogP contribution in [0.4, 0.5) is 0 Å². The summed E-state index contributed by atoms with van der Waals surface area (Å²) < 4.78 is 55.9. The smallest absolute Gasteiger partial charge is 0.267 e. The Bertz CT molecular complexity index is 2780. The van der Waals surface area contributed by atoms with E-state index >= 15 is 0 Å². The summed E-state index contributed by atoms with van der Waals surface area (Å²) in [6.07, 6.45) is 9.99. The van der Waals surface area contributed by atoms with E-state index in [1.165, 1.54) is 68.8 Å². The maximum atomic E-state index is 14.3. The zero-order chi connectivity index (χ0) is 59.6. The second kappa shape index (κ2) is 29.8. The molecule has 448 valence electrons. The van der Waals surface area contributed by atoms with Crippen LogP contribution in [0.15, 0.2) is 78.9 Å². The number of ketones is 1. The third-order valence-corrected chi connectivity index (χ3v) is 14.5. The van der Waals surface area contributed by atoms with Crippen molar-refractivity contribution >= 4 is 41.7 Å². The van der Waals surface area contributed by atoms with Gasteiger partial charge in [-0.3, -0.25) is 33.8 Å². The monoisotopic (exact) mass is 1150 g/mol. The van der Waals surface area contributed by atoms with Crippen LogP contribution in [0.3, 0.4) is 0 Å². The highest BCUT2D eigenvalue weighted by atomic mass is 16.9. The van der Waals surface area contributed by atoms with Crippen LogP contribution in [0, 0.1) is 0 Å². The van der Waals surface area contributed by atoms with Crippen molar-refractivity contribution in [1.82, 2.24) is 29.7 Å². The molecule has 3 fully saturated rings. The Hall–Kier alpha value is -8.02. The normalized spacial score (nSPS) is 16.0. The molecule has 22 nitrogen and oxygen atoms in total. The molecule has 3 saturated heterocycles. The van der Waals surface area contributed by atoms with Crippen molar-refractivity contribution in [1.29, 1.82) is 0 Å². The van der Waals surface area contributed by atoms with Gasteiger partial charge in [0.1, 0.15) is 5.75 Å². The summed E-state index contributed by atoms with van der Waals surface area (Å²) in [5.74, 6) is 1.98. The van der Waals surface area contributed by atoms with E-state index in [2.05, 4.69) is 4.90 Å². The quantitative estimate of drug-likeness (QED) is 0.0513. The molecule has 83 heavy (non-hydrogen) atoms. The minimum absolute atomic E-state index is 0.00590. The van der Waals surface area contributed by atoms with Gasteiger partial charge >= 0.3 is 0 Å². The van der Waals surface area contributed by atoms with Gasteiger partial charge in [-0.1, -0.05) is 19.1 Å². The molecule has 1 unspecified atom stereocenters. The van der Waals surface area contributed by atoms with Crippen LogP contribution in [-0.2, 0) is 35.3 Å². The first-order chi connectivity index (χ1) is 40.1. The molecule has 22 heteroatoms. The Morgan fingerprint density at radius 2 is 0.807 bits per heavy atom. The molecule has 0 spiro atoms. The zero-order valence-electron chi connectivity index (χ0n) is 49.4. The van der Waals surface area contributed by atoms with Crippen LogP contribution in [0.2, 0.25) is 0 Å². The molecule has 0 N–H and O–H groups in total. The van der Waals surface area contributed by atoms with E-state index in [0.29, 0.717) is 133 Å². The molecule has 4 aromatic rings. The molecule has 3 aliphatic rings. The predicted octanol–water partition coefficient (Wildman–Crippen LogP) is 6.14. The van der Waals surface area contributed by atoms with Crippen LogP contribution in [0.25, 0.3) is 18.2 Å². The number of rotatable bonds is 26. The first kappa shape index (κ1) is 62.6. The Balaban J connectivity index is 1.03. The topological polar surface area (TPSA) is 198 Å². The maximum absolute atomic E-state index is 14.3. The summed E-state index contributed by atoms with van der Waals surface area (Å²) >= 11 is 0. The number of amides is 3. The lowest BCUT2D eigenvalue weighted by Gasteiger charge is -2.43. The summed E-state index contributed by atoms with van der Waals surface area (Å²) in [4.78, 5) is 75.7. The standard InChI is InChI=1S/C61H78N6O16/c1-12-57(65-24-22-62(23-25-65)54(69)19-16-43-35-48(72-3)58(78-9)49(36-43)73-4)81-47-15-13-14-46(34-47)41-61(42(2)68,82-66-30-26-63(27-31-66)55(70)20-17-44-37-50(74-5)59(79-10)51(38-44)75-6)83-67-32-28-64(29-33-67)56(71)21-18-45-39-52(76-7)60(80-11)53(40-45)77-8/h13-21,34-40,57H,12,22-33,41H2,1-11H3/b19-16+,20-17+,21-18+. The molecule has 3 aliphatic heterocycles. The molecule has 3 amide bonds. The minimum atomic E-state index is -1.86. The number of hydroxylamine groups is 4. The van der Waals surface area contributed by atoms with Crippen molar-refractivity contribution < 1.29 is 76.2 Å². The number of hydrogen-bond donors (Lipinski definition) is 0. The van der Waals surface area contributed by atoms with Crippen LogP contribution in [-0.4, -0.2) is 208 Å². The van der Waals surface area contributed by atoms with E-state index in [9.17, 15) is 19.2 Å². The highest BCUT2D eigenvalue weighted by Gasteiger charge is 2.45. The van der Waals surface area contributed by atoms with Crippen molar-refractivity contribution in [2.75, 3.05) is 143 Å². The van der Waals surface area contributed by atoms with Gasteiger partial charge in [0.05, 0.1) is 64.0 Å². The molecule has 0 aromatic heterocycles. The first-order valence-corrected chi connectivity index (χ1v) is 27.4. The van der Waals surface area contributed by atoms with E-state index < -0.39 is 5.79 Å². The van der Waals surface area contributed by atoms with Crippen LogP contribution >= 0.6 is 0 Å². The third kappa shape index (κ3) is 15.8. The van der Waals surface area contributed by atoms with Crippen LogP contribution in [0.5, 0.6) is 57.5 Å². The highest BCUT2D eigenvalue weighted by Crippen LogP contribution is 2.41. The van der Waals surface area contributed by atoms with Gasteiger partial charge in [-0.15, -0.1) is 0 Å². The molecule has 7 rings (SSSR count). The van der Waals surface area contributed by atoms with Crippen LogP contribution < -0.4 is 47.4 Å². The zero-order valence-corrected chi connectivity index (χ0v) is 49.4. The number of carbonyl (C=O) groups excluding carboxylic acids is 4. The molecular formula is C61H78N6O16. The lowest BCUT2D eigenvalue weighted by Crippen LogP contribution is -2.59. The van der Waals surface area contributed by atoms with E-state index in [0.717, 1.165) is 5.56 Å². The number of piperazine rings is 3. The second-order valence-electron chi connectivity index (χ2n) is 19.5. The largest absolute Gasteiger partial charge is 0.493 e. The number of nitrogens with zero attached hydrogens (tertiary/aromatic N) is 6. The predicted molar refractivity (Wildman–Crippen MR) is 310 cm³/mol. The van der Waals surface area contributed by atoms with E-state index in [1.54, 1.807) is 94.8 Å². The molecule has 1 atom stereocenters. The van der Waals surface area contributed by atoms with Gasteiger partial charge in [0.15, 0.2) is 46.5 Å². The van der Waals surface area contributed by atoms with Gasteiger partial charge in [0.25, 0.3) is 5.79 Å². The van der Waals surface area contributed by atoms with E-state index in [4.69, 9.17) is 57.0 Å². The maximum Gasteiger partial charge on any atom is 0.267 e. The summed E-state index contributed by atoms with van der Waals surface area (Å²) in [6, 6.07) is 18.1. The van der Waals surface area contributed by atoms with Gasteiger partial charge in [0, 0.05) is 110 Å². The van der Waals surface area contributed by atoms with Crippen molar-refractivity contribution in [2.24, 2.45) is 0 Å². The Kier molecular flexibility index (Phi) is 22.5. The molecule has 3 heterocycles. The summed E-state index contributed by atoms with van der Waals surface area (Å²) in [7, 11) is 13.8. The van der Waals surface area contributed by atoms with Gasteiger partial charge in [-0.25, -0.2) is 0 Å². The van der Waals surface area contributed by atoms with E-state index in [-0.39, 0.29) is 62.3 Å². The fourth-order valence-corrected chi connectivity index (χ4v) is 9.96. The third-order valence-electron chi connectivity index (χ3n) is 14.5. The van der Waals surface area contributed by atoms with Crippen molar-refractivity contribution in [3.05, 3.63) is 101 Å². The van der Waals surface area contributed by atoms with Crippen LogP contribution in [0.1, 0.15) is 42.5 Å². The van der Waals surface area contributed by atoms with E-state index in [1.807, 2.05) is 36.1 Å². The fraction of sp³-hybridized carbons (Fsp3) is 0.443. The average molecular weight is 1150 g/mol. The SMILES string of the molecule is CCC(Oc1cccc(CC(ON2CCN(C(=O)/C=C/c3cc(OC)c(OC)c(OC)c3)CC2)(ON2CCN(C(=O)/C=C/c3cc(OC)c(OC)c(OC)c3)CC2)C(C)=O)c1)N1CCN(C(=O)/C=C/c2cc(OC)c(OC)c(OC)c2)CC1. The number of Topliss-reactive ketones (excluding diaryl/α,β-unsaturated/α-hetero) is 1. The van der Waals surface area contributed by atoms with Gasteiger partial charge < -0.3 is 62.1 Å². The number of carbonyl (C=O) groups is 4. The van der Waals surface area contributed by atoms with Crippen molar-refractivity contribution in [2.45, 2.75) is 38.7 Å². The van der Waals surface area contributed by atoms with Crippen molar-refractivity contribution in [3.8, 4) is 57.5 Å². The number of methoxy groups -OCH3 is 9. The molecular weight excluding hydrogens is 1070 g/mol. The van der Waals surface area contributed by atoms with Gasteiger partial charge in [-0.05, 0) is 95.4 Å². The lowest BCUT2D eigenvalue weighted by molar-refractivity contribution is -0.394. The highest BCUT2D eigenvalue weighted by molar-refractivity contribution is 5.93. The molecule has 0 saturated carbocycles. The molecule has 0 aliphatic carbocycles. The molecule has 0 radical (unpaired) electrons. The minimum Gasteiger partial charge on any atom is -0.493 e.